The summed E-state index contributed by atoms with van der Waals surface area (Å²) in [7, 11) is 0. The zero-order valence-electron chi connectivity index (χ0n) is 10.0. The standard InChI is InChI=1S/C4H4O3.C3H4O2.C2H4O.2CO/c5-3-1-2-4(6)7-3;4-3-1-2-5-3;1-2-3-1;2*1-2/h1-2H2;1-2H2;1-2H2;;. The van der Waals surface area contributed by atoms with Gasteiger partial charge in [0.2, 0.25) is 0 Å². The number of hydrogen-bond acceptors (Lipinski definition) is 6. The van der Waals surface area contributed by atoms with Crippen LogP contribution in [-0.4, -0.2) is 37.7 Å². The average molecular weight is 272 g/mol. The molecule has 104 valence electrons. The molecule has 0 amide bonds. The molecule has 0 aliphatic carbocycles. The SMILES string of the molecule is C1CO1.O=C1CCC(=O)O1.O=C1CCO1.[C-]#[O+].[C-]#[O+]. The second kappa shape index (κ2) is 14.1. The maximum absolute atomic E-state index is 10.0. The molecule has 0 atom stereocenters. The van der Waals surface area contributed by atoms with Crippen LogP contribution in [0.1, 0.15) is 19.3 Å². The van der Waals surface area contributed by atoms with Gasteiger partial charge in [-0.15, -0.1) is 0 Å². The van der Waals surface area contributed by atoms with E-state index in [1.54, 1.807) is 0 Å². The number of cyclic esters (lactones) is 3. The average Bonchev–Trinajstić information content (AvgIpc) is 3.24. The van der Waals surface area contributed by atoms with Crippen molar-refractivity contribution in [1.82, 2.24) is 0 Å². The first-order valence-corrected chi connectivity index (χ1v) is 5.06. The Kier molecular flexibility index (Phi) is 14.4. The summed E-state index contributed by atoms with van der Waals surface area (Å²) in [6.07, 6.45) is 1.15. The van der Waals surface area contributed by atoms with E-state index in [0.29, 0.717) is 13.0 Å². The van der Waals surface area contributed by atoms with Crippen LogP contribution in [0, 0.1) is 13.3 Å². The molecule has 8 nitrogen and oxygen atoms in total. The van der Waals surface area contributed by atoms with Gasteiger partial charge < -0.3 is 14.2 Å². The second-order valence-electron chi connectivity index (χ2n) is 2.93. The van der Waals surface area contributed by atoms with Crippen molar-refractivity contribution in [2.75, 3.05) is 19.8 Å². The third kappa shape index (κ3) is 16.1. The zero-order valence-corrected chi connectivity index (χ0v) is 10.0. The van der Waals surface area contributed by atoms with Crippen LogP contribution in [0.2, 0.25) is 0 Å². The van der Waals surface area contributed by atoms with Gasteiger partial charge in [-0.05, 0) is 0 Å². The van der Waals surface area contributed by atoms with Gasteiger partial charge in [-0.25, -0.2) is 0 Å². The van der Waals surface area contributed by atoms with Gasteiger partial charge in [0, 0.05) is 0 Å². The molecule has 3 aliphatic heterocycles. The molecule has 3 fully saturated rings. The van der Waals surface area contributed by atoms with E-state index in [4.69, 9.17) is 9.30 Å². The predicted octanol–water partition coefficient (Wildman–Crippen LogP) is -0.275. The Bertz CT molecular complexity index is 299. The van der Waals surface area contributed by atoms with Crippen LogP contribution in [0.5, 0.6) is 0 Å². The predicted molar refractivity (Wildman–Crippen MR) is 54.6 cm³/mol. The van der Waals surface area contributed by atoms with E-state index in [2.05, 4.69) is 27.5 Å². The van der Waals surface area contributed by atoms with Crippen molar-refractivity contribution in [2.45, 2.75) is 19.3 Å². The van der Waals surface area contributed by atoms with Crippen molar-refractivity contribution in [3.63, 3.8) is 0 Å². The zero-order chi connectivity index (χ0) is 15.1. The van der Waals surface area contributed by atoms with Crippen LogP contribution in [0.4, 0.5) is 0 Å². The number of hydrogen-bond donors (Lipinski definition) is 0. The summed E-state index contributed by atoms with van der Waals surface area (Å²) in [6, 6.07) is 0. The molecule has 0 radical (unpaired) electrons. The summed E-state index contributed by atoms with van der Waals surface area (Å²) in [5.41, 5.74) is 0. The summed E-state index contributed by atoms with van der Waals surface area (Å²) < 4.78 is 27.9. The monoisotopic (exact) mass is 272 g/mol. The molecule has 3 aliphatic rings. The van der Waals surface area contributed by atoms with Crippen LogP contribution in [0.3, 0.4) is 0 Å². The molecular weight excluding hydrogens is 260 g/mol. The fourth-order valence-corrected chi connectivity index (χ4v) is 0.619. The van der Waals surface area contributed by atoms with Crippen LogP contribution < -0.4 is 0 Å². The van der Waals surface area contributed by atoms with Crippen LogP contribution >= 0.6 is 0 Å². The molecule has 8 heteroatoms. The number of ether oxygens (including phenoxy) is 3. The number of rotatable bonds is 0. The first kappa shape index (κ1) is 19.4. The first-order chi connectivity index (χ1) is 9.18. The Morgan fingerprint density at radius 3 is 1.11 bits per heavy atom. The van der Waals surface area contributed by atoms with Crippen LogP contribution in [0.25, 0.3) is 0 Å². The molecule has 3 heterocycles. The van der Waals surface area contributed by atoms with Gasteiger partial charge >= 0.3 is 40.5 Å². The van der Waals surface area contributed by atoms with E-state index in [-0.39, 0.29) is 18.8 Å². The minimum absolute atomic E-state index is 0.0648. The van der Waals surface area contributed by atoms with Crippen molar-refractivity contribution in [2.24, 2.45) is 0 Å². The van der Waals surface area contributed by atoms with Crippen LogP contribution in [-0.2, 0) is 37.9 Å². The Hall–Kier alpha value is -1.95. The molecular formula is C11H12O8. The molecule has 0 N–H and O–H groups in total. The summed E-state index contributed by atoms with van der Waals surface area (Å²) in [6.45, 7) is 11.6. The van der Waals surface area contributed by atoms with Crippen molar-refractivity contribution < 1.29 is 37.9 Å². The fourth-order valence-electron chi connectivity index (χ4n) is 0.619. The van der Waals surface area contributed by atoms with Gasteiger partial charge in [-0.1, -0.05) is 0 Å². The number of carbonyl (C=O) groups is 3. The molecule has 0 spiro atoms. The topological polar surface area (TPSA) is 122 Å². The fraction of sp³-hybridized carbons (Fsp3) is 0.545. The van der Waals surface area contributed by atoms with Gasteiger partial charge in [0.05, 0.1) is 32.5 Å². The molecule has 0 saturated carbocycles. The number of epoxide rings is 1. The Morgan fingerprint density at radius 2 is 1.05 bits per heavy atom. The molecule has 0 bridgehead atoms. The maximum atomic E-state index is 10.0. The van der Waals surface area contributed by atoms with Crippen molar-refractivity contribution in [3.05, 3.63) is 13.3 Å². The summed E-state index contributed by atoms with van der Waals surface area (Å²) in [4.78, 5) is 29.7. The molecule has 0 unspecified atom stereocenters. The molecule has 3 saturated heterocycles. The van der Waals surface area contributed by atoms with E-state index < -0.39 is 11.9 Å². The third-order valence-corrected chi connectivity index (χ3v) is 1.53. The van der Waals surface area contributed by atoms with Crippen molar-refractivity contribution in [3.8, 4) is 0 Å². The Morgan fingerprint density at radius 1 is 0.737 bits per heavy atom. The van der Waals surface area contributed by atoms with Gasteiger partial charge in [-0.3, -0.25) is 14.4 Å². The third-order valence-electron chi connectivity index (χ3n) is 1.53. The van der Waals surface area contributed by atoms with Gasteiger partial charge in [0.25, 0.3) is 0 Å². The van der Waals surface area contributed by atoms with Gasteiger partial charge in [0.15, 0.2) is 0 Å². The number of esters is 3. The van der Waals surface area contributed by atoms with E-state index >= 15 is 0 Å². The molecule has 19 heavy (non-hydrogen) atoms. The van der Waals surface area contributed by atoms with Crippen molar-refractivity contribution >= 4 is 17.9 Å². The summed E-state index contributed by atoms with van der Waals surface area (Å²) in [5.74, 6) is -0.861. The Balaban J connectivity index is 0. The summed E-state index contributed by atoms with van der Waals surface area (Å²) >= 11 is 0. The normalized spacial score (nSPS) is 16.7. The van der Waals surface area contributed by atoms with E-state index in [1.165, 1.54) is 0 Å². The van der Waals surface area contributed by atoms with Gasteiger partial charge in [-0.2, -0.15) is 0 Å². The molecule has 0 aromatic carbocycles. The number of carbonyl (C=O) groups excluding carboxylic acids is 3. The molecule has 3 rings (SSSR count). The molecule has 0 aromatic heterocycles. The quantitative estimate of drug-likeness (QED) is 0.196. The molecule has 0 aromatic rings. The second-order valence-corrected chi connectivity index (χ2v) is 2.93. The van der Waals surface area contributed by atoms with E-state index in [0.717, 1.165) is 13.2 Å². The minimum atomic E-state index is -0.398. The van der Waals surface area contributed by atoms with E-state index in [1.807, 2.05) is 0 Å². The van der Waals surface area contributed by atoms with Crippen molar-refractivity contribution in [1.29, 1.82) is 0 Å². The van der Waals surface area contributed by atoms with Gasteiger partial charge in [0.1, 0.15) is 6.61 Å². The Labute approximate surface area is 109 Å². The summed E-state index contributed by atoms with van der Waals surface area (Å²) in [5, 5.41) is 0. The van der Waals surface area contributed by atoms with Crippen LogP contribution in [0.15, 0.2) is 0 Å². The first-order valence-electron chi connectivity index (χ1n) is 5.06. The van der Waals surface area contributed by atoms with E-state index in [9.17, 15) is 14.4 Å².